The summed E-state index contributed by atoms with van der Waals surface area (Å²) < 4.78 is 10.3. The molecule has 0 aromatic heterocycles. The Labute approximate surface area is 170 Å². The zero-order valence-corrected chi connectivity index (χ0v) is 16.7. The lowest BCUT2D eigenvalue weighted by Crippen LogP contribution is -2.21. The summed E-state index contributed by atoms with van der Waals surface area (Å²) in [6.45, 7) is 4.07. The van der Waals surface area contributed by atoms with E-state index in [2.05, 4.69) is 10.6 Å². The first-order chi connectivity index (χ1) is 14.0. The third-order valence-electron chi connectivity index (χ3n) is 3.93. The zero-order valence-electron chi connectivity index (χ0n) is 16.7. The maximum absolute atomic E-state index is 11.9. The number of aryl methyl sites for hydroxylation is 1. The van der Waals surface area contributed by atoms with Gasteiger partial charge in [0, 0.05) is 24.2 Å². The van der Waals surface area contributed by atoms with Crippen molar-refractivity contribution in [1.29, 1.82) is 0 Å². The molecule has 0 aliphatic rings. The van der Waals surface area contributed by atoms with E-state index < -0.39 is 11.9 Å². The van der Waals surface area contributed by atoms with Gasteiger partial charge in [-0.2, -0.15) is 0 Å². The lowest BCUT2D eigenvalue weighted by Gasteiger charge is -2.08. The van der Waals surface area contributed by atoms with Crippen molar-refractivity contribution in [3.05, 3.63) is 54.1 Å². The summed E-state index contributed by atoms with van der Waals surface area (Å²) in [4.78, 5) is 35.5. The van der Waals surface area contributed by atoms with Crippen LogP contribution < -0.4 is 15.4 Å². The van der Waals surface area contributed by atoms with Crippen molar-refractivity contribution < 1.29 is 23.9 Å². The Morgan fingerprint density at radius 1 is 0.828 bits per heavy atom. The van der Waals surface area contributed by atoms with Crippen LogP contribution in [-0.2, 0) is 19.1 Å². The Hall–Kier alpha value is -3.35. The van der Waals surface area contributed by atoms with E-state index in [1.807, 2.05) is 26.0 Å². The van der Waals surface area contributed by atoms with Crippen molar-refractivity contribution in [2.45, 2.75) is 33.1 Å². The quantitative estimate of drug-likeness (QED) is 0.596. The van der Waals surface area contributed by atoms with Crippen LogP contribution in [0, 0.1) is 6.92 Å². The van der Waals surface area contributed by atoms with Crippen LogP contribution >= 0.6 is 0 Å². The lowest BCUT2D eigenvalue weighted by atomic mass is 10.2. The third-order valence-corrected chi connectivity index (χ3v) is 3.93. The molecule has 7 heteroatoms. The second-order valence-electron chi connectivity index (χ2n) is 6.43. The Kier molecular flexibility index (Phi) is 8.69. The molecule has 0 spiro atoms. The van der Waals surface area contributed by atoms with Crippen molar-refractivity contribution in [2.75, 3.05) is 23.8 Å². The van der Waals surface area contributed by atoms with E-state index >= 15 is 0 Å². The van der Waals surface area contributed by atoms with E-state index in [4.69, 9.17) is 9.47 Å². The van der Waals surface area contributed by atoms with Crippen LogP contribution in [0.15, 0.2) is 48.5 Å². The molecule has 2 rings (SSSR count). The molecule has 0 atom stereocenters. The number of nitrogens with one attached hydrogen (secondary N) is 2. The van der Waals surface area contributed by atoms with E-state index in [0.29, 0.717) is 24.4 Å². The van der Waals surface area contributed by atoms with Crippen LogP contribution in [-0.4, -0.2) is 31.0 Å². The molecule has 0 heterocycles. The van der Waals surface area contributed by atoms with Gasteiger partial charge in [-0.3, -0.25) is 14.4 Å². The summed E-state index contributed by atoms with van der Waals surface area (Å²) in [6, 6.07) is 14.4. The van der Waals surface area contributed by atoms with Gasteiger partial charge in [0.25, 0.3) is 5.91 Å². The van der Waals surface area contributed by atoms with E-state index in [1.165, 1.54) is 0 Å². The number of carbonyl (C=O) groups excluding carboxylic acids is 3. The minimum Gasteiger partial charge on any atom is -0.494 e. The highest BCUT2D eigenvalue weighted by Gasteiger charge is 2.10. The molecular weight excluding hydrogens is 372 g/mol. The van der Waals surface area contributed by atoms with Crippen LogP contribution in [0.2, 0.25) is 0 Å². The van der Waals surface area contributed by atoms with Crippen LogP contribution in [0.4, 0.5) is 11.4 Å². The lowest BCUT2D eigenvalue weighted by molar-refractivity contribution is -0.147. The number of esters is 1. The van der Waals surface area contributed by atoms with E-state index in [9.17, 15) is 14.4 Å². The van der Waals surface area contributed by atoms with Gasteiger partial charge in [0.05, 0.1) is 6.61 Å². The number of hydrogen-bond acceptors (Lipinski definition) is 5. The summed E-state index contributed by atoms with van der Waals surface area (Å²) in [5.74, 6) is -0.382. The van der Waals surface area contributed by atoms with Crippen molar-refractivity contribution in [3.63, 3.8) is 0 Å². The summed E-state index contributed by atoms with van der Waals surface area (Å²) >= 11 is 0. The van der Waals surface area contributed by atoms with Crippen LogP contribution in [0.3, 0.4) is 0 Å². The molecule has 2 N–H and O–H groups in total. The number of anilines is 2. The average Bonchev–Trinajstić information content (AvgIpc) is 2.70. The predicted molar refractivity (Wildman–Crippen MR) is 111 cm³/mol. The summed E-state index contributed by atoms with van der Waals surface area (Å²) in [6.07, 6.45) is 0.577. The van der Waals surface area contributed by atoms with Gasteiger partial charge < -0.3 is 20.1 Å². The van der Waals surface area contributed by atoms with Gasteiger partial charge in [0.1, 0.15) is 5.75 Å². The molecule has 2 aromatic rings. The first kappa shape index (κ1) is 21.9. The molecule has 0 saturated carbocycles. The van der Waals surface area contributed by atoms with Gasteiger partial charge in [-0.15, -0.1) is 0 Å². The minimum atomic E-state index is -0.516. The molecule has 29 heavy (non-hydrogen) atoms. The fourth-order valence-electron chi connectivity index (χ4n) is 2.47. The summed E-state index contributed by atoms with van der Waals surface area (Å²) in [5, 5.41) is 5.40. The molecular formula is C22H26N2O5. The van der Waals surface area contributed by atoms with E-state index in [0.717, 1.165) is 11.3 Å². The number of hydrogen-bond donors (Lipinski definition) is 2. The molecule has 0 radical (unpaired) electrons. The summed E-state index contributed by atoms with van der Waals surface area (Å²) in [5.41, 5.74) is 2.39. The highest BCUT2D eigenvalue weighted by molar-refractivity contribution is 5.93. The minimum absolute atomic E-state index is 0.0640. The second-order valence-corrected chi connectivity index (χ2v) is 6.43. The highest BCUT2D eigenvalue weighted by Crippen LogP contribution is 2.16. The number of rotatable bonds is 10. The largest absolute Gasteiger partial charge is 0.494 e. The normalized spacial score (nSPS) is 10.1. The van der Waals surface area contributed by atoms with Gasteiger partial charge in [-0.25, -0.2) is 0 Å². The van der Waals surface area contributed by atoms with Gasteiger partial charge >= 0.3 is 5.97 Å². The van der Waals surface area contributed by atoms with Crippen molar-refractivity contribution >= 4 is 29.2 Å². The monoisotopic (exact) mass is 398 g/mol. The van der Waals surface area contributed by atoms with E-state index in [-0.39, 0.29) is 25.4 Å². The number of ether oxygens (including phenoxy) is 2. The Morgan fingerprint density at radius 2 is 1.41 bits per heavy atom. The maximum Gasteiger partial charge on any atom is 0.306 e. The fraction of sp³-hybridized carbons (Fsp3) is 0.318. The first-order valence-electron chi connectivity index (χ1n) is 9.51. The number of carbonyl (C=O) groups is 3. The van der Waals surface area contributed by atoms with Crippen LogP contribution in [0.5, 0.6) is 5.75 Å². The van der Waals surface area contributed by atoms with E-state index in [1.54, 1.807) is 36.4 Å². The van der Waals surface area contributed by atoms with Crippen LogP contribution in [0.25, 0.3) is 0 Å². The first-order valence-corrected chi connectivity index (χ1v) is 9.51. The van der Waals surface area contributed by atoms with Gasteiger partial charge in [-0.05, 0) is 56.7 Å². The smallest absolute Gasteiger partial charge is 0.306 e. The molecule has 0 saturated heterocycles. The Morgan fingerprint density at radius 3 is 2.03 bits per heavy atom. The molecule has 0 aliphatic heterocycles. The average molecular weight is 398 g/mol. The van der Waals surface area contributed by atoms with Crippen molar-refractivity contribution in [1.82, 2.24) is 0 Å². The maximum atomic E-state index is 11.9. The van der Waals surface area contributed by atoms with Gasteiger partial charge in [-0.1, -0.05) is 17.7 Å². The topological polar surface area (TPSA) is 93.7 Å². The molecule has 2 aromatic carbocycles. The predicted octanol–water partition coefficient (Wildman–Crippen LogP) is 3.68. The van der Waals surface area contributed by atoms with Crippen LogP contribution in [0.1, 0.15) is 31.7 Å². The molecule has 0 fully saturated rings. The highest BCUT2D eigenvalue weighted by atomic mass is 16.5. The van der Waals surface area contributed by atoms with Gasteiger partial charge in [0.2, 0.25) is 5.91 Å². The molecule has 7 nitrogen and oxygen atoms in total. The number of amides is 2. The molecule has 0 bridgehead atoms. The zero-order chi connectivity index (χ0) is 21.1. The standard InChI is InChI=1S/C22H26N2O5/c1-3-28-19-13-11-18(12-14-19)23-20(25)5-4-6-22(27)29-15-21(26)24-17-9-7-16(2)8-10-17/h7-14H,3-6,15H2,1-2H3,(H,23,25)(H,24,26). The van der Waals surface area contributed by atoms with Gasteiger partial charge in [0.15, 0.2) is 6.61 Å². The molecule has 154 valence electrons. The third kappa shape index (κ3) is 8.47. The second kappa shape index (κ2) is 11.5. The molecule has 2 amide bonds. The fourth-order valence-corrected chi connectivity index (χ4v) is 2.47. The summed E-state index contributed by atoms with van der Waals surface area (Å²) in [7, 11) is 0. The Bertz CT molecular complexity index is 816. The SMILES string of the molecule is CCOc1ccc(NC(=O)CCCC(=O)OCC(=O)Nc2ccc(C)cc2)cc1. The van der Waals surface area contributed by atoms with Crippen molar-refractivity contribution in [3.8, 4) is 5.75 Å². The van der Waals surface area contributed by atoms with Crippen molar-refractivity contribution in [2.24, 2.45) is 0 Å². The number of benzene rings is 2. The molecule has 0 aliphatic carbocycles. The molecule has 0 unspecified atom stereocenters. The Balaban J connectivity index is 1.61.